The van der Waals surface area contributed by atoms with E-state index in [1.165, 1.54) is 24.3 Å². The minimum Gasteiger partial charge on any atom is -0.434 e. The number of rotatable bonds is 3. The molecule has 7 heteroatoms. The van der Waals surface area contributed by atoms with E-state index in [1.54, 1.807) is 0 Å². The summed E-state index contributed by atoms with van der Waals surface area (Å²) >= 11 is 17.5. The van der Waals surface area contributed by atoms with Crippen molar-refractivity contribution in [1.82, 2.24) is 0 Å². The fourth-order valence-corrected chi connectivity index (χ4v) is 2.27. The Bertz CT molecular complexity index is 624. The van der Waals surface area contributed by atoms with Crippen molar-refractivity contribution in [3.8, 4) is 16.9 Å². The number of halogens is 6. The summed E-state index contributed by atoms with van der Waals surface area (Å²) < 4.78 is 42.9. The minimum atomic E-state index is -3.08. The quantitative estimate of drug-likeness (QED) is 0.617. The Morgan fingerprint density at radius 3 is 2.15 bits per heavy atom. The number of benzene rings is 2. The third-order valence-corrected chi connectivity index (χ3v) is 3.66. The lowest BCUT2D eigenvalue weighted by atomic mass is 10.0. The Kier molecular flexibility index (Phi) is 4.68. The van der Waals surface area contributed by atoms with Gasteiger partial charge < -0.3 is 4.74 Å². The van der Waals surface area contributed by atoms with Gasteiger partial charge in [0.1, 0.15) is 11.6 Å². The zero-order valence-corrected chi connectivity index (χ0v) is 11.9. The van der Waals surface area contributed by atoms with Crippen LogP contribution in [0.15, 0.2) is 30.3 Å². The molecular weight excluding hydrogens is 335 g/mol. The van der Waals surface area contributed by atoms with Crippen molar-refractivity contribution in [2.24, 2.45) is 0 Å². The second-order valence-corrected chi connectivity index (χ2v) is 4.94. The summed E-state index contributed by atoms with van der Waals surface area (Å²) in [4.78, 5) is 0. The SMILES string of the molecule is Fc1cccc(OC(F)F)c1-c1cc(Cl)c(Cl)c(Cl)c1. The molecular formula is C13H6Cl3F3O. The first-order chi connectivity index (χ1) is 9.40. The molecule has 0 bridgehead atoms. The fraction of sp³-hybridized carbons (Fsp3) is 0.0769. The summed E-state index contributed by atoms with van der Waals surface area (Å²) in [5, 5.41) is 0.269. The van der Waals surface area contributed by atoms with Crippen LogP contribution in [0.4, 0.5) is 13.2 Å². The van der Waals surface area contributed by atoms with Crippen LogP contribution in [0.5, 0.6) is 5.75 Å². The Balaban J connectivity index is 2.62. The van der Waals surface area contributed by atoms with Gasteiger partial charge in [0, 0.05) is 0 Å². The van der Waals surface area contributed by atoms with E-state index in [9.17, 15) is 13.2 Å². The van der Waals surface area contributed by atoms with Crippen LogP contribution in [0, 0.1) is 5.82 Å². The van der Waals surface area contributed by atoms with Gasteiger partial charge in [0.25, 0.3) is 0 Å². The van der Waals surface area contributed by atoms with Gasteiger partial charge in [0.15, 0.2) is 0 Å². The highest BCUT2D eigenvalue weighted by Crippen LogP contribution is 2.39. The normalized spacial score (nSPS) is 10.9. The maximum Gasteiger partial charge on any atom is 0.387 e. The van der Waals surface area contributed by atoms with E-state index in [-0.39, 0.29) is 31.9 Å². The molecule has 0 saturated carbocycles. The zero-order valence-electron chi connectivity index (χ0n) is 9.64. The lowest BCUT2D eigenvalue weighted by Crippen LogP contribution is -2.04. The predicted octanol–water partition coefficient (Wildman–Crippen LogP) is 6.05. The third kappa shape index (κ3) is 3.14. The first kappa shape index (κ1) is 15.3. The Hall–Kier alpha value is -1.10. The summed E-state index contributed by atoms with van der Waals surface area (Å²) in [7, 11) is 0. The van der Waals surface area contributed by atoms with Crippen LogP contribution in [-0.4, -0.2) is 6.61 Å². The third-order valence-electron chi connectivity index (χ3n) is 2.46. The van der Waals surface area contributed by atoms with Crippen molar-refractivity contribution in [2.75, 3.05) is 0 Å². The van der Waals surface area contributed by atoms with E-state index in [2.05, 4.69) is 4.74 Å². The molecule has 0 N–H and O–H groups in total. The standard InChI is InChI=1S/C13H6Cl3F3O/c14-7-4-6(5-8(15)12(7)16)11-9(17)2-1-3-10(11)20-13(18)19/h1-5,13H. The molecule has 0 unspecified atom stereocenters. The first-order valence-corrected chi connectivity index (χ1v) is 6.41. The molecule has 0 aliphatic heterocycles. The Morgan fingerprint density at radius 1 is 1.00 bits per heavy atom. The van der Waals surface area contributed by atoms with E-state index in [1.807, 2.05) is 0 Å². The van der Waals surface area contributed by atoms with Crippen LogP contribution in [0.25, 0.3) is 11.1 Å². The van der Waals surface area contributed by atoms with Crippen molar-refractivity contribution in [3.05, 3.63) is 51.2 Å². The van der Waals surface area contributed by atoms with Crippen molar-refractivity contribution in [2.45, 2.75) is 6.61 Å². The van der Waals surface area contributed by atoms with Crippen LogP contribution in [0.2, 0.25) is 15.1 Å². The second-order valence-electron chi connectivity index (χ2n) is 3.75. The summed E-state index contributed by atoms with van der Waals surface area (Å²) in [6, 6.07) is 6.25. The van der Waals surface area contributed by atoms with E-state index in [0.29, 0.717) is 0 Å². The Labute approximate surface area is 127 Å². The van der Waals surface area contributed by atoms with Crippen molar-refractivity contribution < 1.29 is 17.9 Å². The second kappa shape index (κ2) is 6.12. The highest BCUT2D eigenvalue weighted by Gasteiger charge is 2.17. The lowest BCUT2D eigenvalue weighted by molar-refractivity contribution is -0.0495. The summed E-state index contributed by atoms with van der Waals surface area (Å²) in [5.41, 5.74) is 0.0337. The molecule has 106 valence electrons. The van der Waals surface area contributed by atoms with Gasteiger partial charge in [0.05, 0.1) is 20.6 Å². The predicted molar refractivity (Wildman–Crippen MR) is 73.5 cm³/mol. The monoisotopic (exact) mass is 340 g/mol. The van der Waals surface area contributed by atoms with Gasteiger partial charge in [-0.05, 0) is 29.8 Å². The Morgan fingerprint density at radius 2 is 1.60 bits per heavy atom. The van der Waals surface area contributed by atoms with Gasteiger partial charge in [-0.3, -0.25) is 0 Å². The lowest BCUT2D eigenvalue weighted by Gasteiger charge is -2.13. The molecule has 0 aliphatic carbocycles. The molecule has 0 radical (unpaired) electrons. The smallest absolute Gasteiger partial charge is 0.387 e. The maximum atomic E-state index is 13.9. The van der Waals surface area contributed by atoms with Gasteiger partial charge >= 0.3 is 6.61 Å². The molecule has 0 saturated heterocycles. The molecule has 1 nitrogen and oxygen atoms in total. The maximum absolute atomic E-state index is 13.9. The number of hydrogen-bond donors (Lipinski definition) is 0. The topological polar surface area (TPSA) is 9.23 Å². The van der Waals surface area contributed by atoms with Crippen molar-refractivity contribution >= 4 is 34.8 Å². The fourth-order valence-electron chi connectivity index (χ4n) is 1.68. The van der Waals surface area contributed by atoms with Gasteiger partial charge in [-0.25, -0.2) is 4.39 Å². The molecule has 20 heavy (non-hydrogen) atoms. The van der Waals surface area contributed by atoms with Crippen LogP contribution in [0.3, 0.4) is 0 Å². The molecule has 0 aromatic heterocycles. The average molecular weight is 342 g/mol. The summed E-state index contributed by atoms with van der Waals surface area (Å²) in [6.45, 7) is -3.08. The molecule has 0 aliphatic rings. The van der Waals surface area contributed by atoms with Crippen molar-refractivity contribution in [1.29, 1.82) is 0 Å². The van der Waals surface area contributed by atoms with Crippen molar-refractivity contribution in [3.63, 3.8) is 0 Å². The number of alkyl halides is 2. The first-order valence-electron chi connectivity index (χ1n) is 5.28. The van der Waals surface area contributed by atoms with E-state index in [0.717, 1.165) is 6.07 Å². The average Bonchev–Trinajstić information content (AvgIpc) is 2.35. The molecule has 0 atom stereocenters. The molecule has 2 aromatic carbocycles. The zero-order chi connectivity index (χ0) is 14.9. The highest BCUT2D eigenvalue weighted by molar-refractivity contribution is 6.48. The minimum absolute atomic E-state index is 0.0837. The molecule has 0 spiro atoms. The summed E-state index contributed by atoms with van der Waals surface area (Å²) in [6.07, 6.45) is 0. The van der Waals surface area contributed by atoms with Gasteiger partial charge in [0.2, 0.25) is 0 Å². The summed E-state index contributed by atoms with van der Waals surface area (Å²) in [5.74, 6) is -1.05. The van der Waals surface area contributed by atoms with Crippen LogP contribution in [0.1, 0.15) is 0 Å². The molecule has 0 fully saturated rings. The largest absolute Gasteiger partial charge is 0.434 e. The molecule has 0 amide bonds. The van der Waals surface area contributed by atoms with Crippen LogP contribution in [-0.2, 0) is 0 Å². The van der Waals surface area contributed by atoms with Crippen LogP contribution >= 0.6 is 34.8 Å². The van der Waals surface area contributed by atoms with Crippen LogP contribution < -0.4 is 4.74 Å². The van der Waals surface area contributed by atoms with E-state index < -0.39 is 12.4 Å². The van der Waals surface area contributed by atoms with E-state index in [4.69, 9.17) is 34.8 Å². The van der Waals surface area contributed by atoms with Gasteiger partial charge in [-0.1, -0.05) is 40.9 Å². The molecule has 0 heterocycles. The molecule has 2 aromatic rings. The molecule has 2 rings (SSSR count). The van der Waals surface area contributed by atoms with Gasteiger partial charge in [-0.15, -0.1) is 0 Å². The number of hydrogen-bond acceptors (Lipinski definition) is 1. The van der Waals surface area contributed by atoms with E-state index >= 15 is 0 Å². The number of ether oxygens (including phenoxy) is 1. The highest BCUT2D eigenvalue weighted by atomic mass is 35.5. The van der Waals surface area contributed by atoms with Gasteiger partial charge in [-0.2, -0.15) is 8.78 Å².